The minimum absolute atomic E-state index is 0.0751. The van der Waals surface area contributed by atoms with Gasteiger partial charge in [-0.3, -0.25) is 14.2 Å². The Morgan fingerprint density at radius 2 is 1.60 bits per heavy atom. The fourth-order valence-electron chi connectivity index (χ4n) is 2.35. The number of nitrogens with zero attached hydrogens (tertiary/aromatic N) is 1. The smallest absolute Gasteiger partial charge is 0.301 e. The van der Waals surface area contributed by atoms with E-state index in [1.54, 1.807) is 24.3 Å². The van der Waals surface area contributed by atoms with Gasteiger partial charge in [0.25, 0.3) is 0 Å². The molecule has 0 saturated carbocycles. The molecule has 0 aliphatic heterocycles. The van der Waals surface area contributed by atoms with Gasteiger partial charge in [-0.15, -0.1) is 23.2 Å². The van der Waals surface area contributed by atoms with Gasteiger partial charge >= 0.3 is 7.67 Å². The lowest BCUT2D eigenvalue weighted by atomic mass is 9.90. The Bertz CT molecular complexity index is 766. The van der Waals surface area contributed by atoms with Crippen molar-refractivity contribution in [2.45, 2.75) is 0 Å². The van der Waals surface area contributed by atoms with Gasteiger partial charge in [-0.25, -0.2) is 10.2 Å². The second-order valence-corrected chi connectivity index (χ2v) is 8.67. The molecule has 0 spiro atoms. The van der Waals surface area contributed by atoms with Gasteiger partial charge < -0.3 is 4.52 Å². The third-order valence-electron chi connectivity index (χ3n) is 3.63. The number of fused-ring (bicyclic) bond motifs is 1. The van der Waals surface area contributed by atoms with Crippen LogP contribution in [0.5, 0.6) is 0 Å². The van der Waals surface area contributed by atoms with Gasteiger partial charge in [0.15, 0.2) is 5.78 Å². The summed E-state index contributed by atoms with van der Waals surface area (Å²) in [5, 5.41) is 0. The molecular formula is C15H16BrCl2N2O4P. The minimum Gasteiger partial charge on any atom is -0.301 e. The van der Waals surface area contributed by atoms with Crippen molar-refractivity contribution in [3.05, 3.63) is 45.4 Å². The van der Waals surface area contributed by atoms with Crippen molar-refractivity contribution in [2.24, 2.45) is 5.50 Å². The van der Waals surface area contributed by atoms with Crippen LogP contribution in [0.15, 0.2) is 34.3 Å². The summed E-state index contributed by atoms with van der Waals surface area (Å²) >= 11 is 14.5. The zero-order valence-corrected chi connectivity index (χ0v) is 17.1. The molecule has 1 unspecified atom stereocenters. The second kappa shape index (κ2) is 8.91. The van der Waals surface area contributed by atoms with Gasteiger partial charge in [-0.05, 0) is 15.9 Å². The number of nitrogens with two attached hydrogens (primary N) is 1. The van der Waals surface area contributed by atoms with Crippen LogP contribution in [0.4, 0.5) is 0 Å². The highest BCUT2D eigenvalue weighted by molar-refractivity contribution is 9.12. The maximum absolute atomic E-state index is 12.6. The van der Waals surface area contributed by atoms with E-state index < -0.39 is 7.67 Å². The summed E-state index contributed by atoms with van der Waals surface area (Å²) in [6, 6.07) is 6.48. The van der Waals surface area contributed by atoms with Crippen molar-refractivity contribution >= 4 is 58.4 Å². The Balaban J connectivity index is 2.22. The number of hydrogen-bond acceptors (Lipinski definition) is 4. The van der Waals surface area contributed by atoms with E-state index in [9.17, 15) is 14.2 Å². The fourth-order valence-corrected chi connectivity index (χ4v) is 4.74. The van der Waals surface area contributed by atoms with Crippen molar-refractivity contribution in [1.82, 2.24) is 4.67 Å². The molecule has 136 valence electrons. The fraction of sp³-hybridized carbons (Fsp3) is 0.333. The standard InChI is InChI=1S/C15H16BrCl2N2O4P/c16-13-12(9-24-25(19,23)20(7-5-17)8-6-18)14(21)10-3-1-2-4-11(10)15(13)22/h1-4H,5-9H2,(H2,19,23). The Hall–Kier alpha value is -0.530. The summed E-state index contributed by atoms with van der Waals surface area (Å²) < 4.78 is 19.3. The molecule has 0 fully saturated rings. The van der Waals surface area contributed by atoms with E-state index in [4.69, 9.17) is 33.2 Å². The topological polar surface area (TPSA) is 89.7 Å². The molecule has 0 heterocycles. The van der Waals surface area contributed by atoms with Crippen LogP contribution >= 0.6 is 46.8 Å². The van der Waals surface area contributed by atoms with Gasteiger partial charge in [0.1, 0.15) is 0 Å². The second-order valence-electron chi connectivity index (χ2n) is 5.17. The molecule has 6 nitrogen and oxygen atoms in total. The Morgan fingerprint density at radius 3 is 2.12 bits per heavy atom. The average Bonchev–Trinajstić information content (AvgIpc) is 2.59. The average molecular weight is 470 g/mol. The van der Waals surface area contributed by atoms with Crippen LogP contribution in [-0.4, -0.2) is 47.7 Å². The number of benzene rings is 1. The van der Waals surface area contributed by atoms with Gasteiger partial charge in [-0.1, -0.05) is 24.3 Å². The maximum Gasteiger partial charge on any atom is 0.341 e. The quantitative estimate of drug-likeness (QED) is 0.462. The summed E-state index contributed by atoms with van der Waals surface area (Å²) in [6.07, 6.45) is 0. The molecule has 0 saturated heterocycles. The van der Waals surface area contributed by atoms with Crippen molar-refractivity contribution in [1.29, 1.82) is 0 Å². The number of rotatable bonds is 8. The molecule has 1 aliphatic carbocycles. The van der Waals surface area contributed by atoms with Crippen molar-refractivity contribution < 1.29 is 18.7 Å². The third-order valence-corrected chi connectivity index (χ3v) is 6.49. The largest absolute Gasteiger partial charge is 0.341 e. The van der Waals surface area contributed by atoms with E-state index in [1.807, 2.05) is 0 Å². The van der Waals surface area contributed by atoms with E-state index in [0.717, 1.165) is 0 Å². The normalized spacial score (nSPS) is 17.0. The van der Waals surface area contributed by atoms with Gasteiger partial charge in [0, 0.05) is 41.5 Å². The molecule has 0 radical (unpaired) electrons. The molecule has 2 N–H and O–H groups in total. The zero-order valence-electron chi connectivity index (χ0n) is 13.1. The number of Topliss-reactive ketones (excluding diaryl/α,β-unsaturated/α-hetero) is 2. The van der Waals surface area contributed by atoms with Crippen LogP contribution in [0.1, 0.15) is 20.7 Å². The first-order chi connectivity index (χ1) is 11.8. The van der Waals surface area contributed by atoms with Crippen molar-refractivity contribution in [2.75, 3.05) is 31.5 Å². The monoisotopic (exact) mass is 468 g/mol. The molecular weight excluding hydrogens is 454 g/mol. The van der Waals surface area contributed by atoms with Crippen LogP contribution < -0.4 is 5.50 Å². The maximum atomic E-state index is 12.6. The van der Waals surface area contributed by atoms with Crippen LogP contribution in [0.2, 0.25) is 0 Å². The number of halogens is 3. The molecule has 1 atom stereocenters. The van der Waals surface area contributed by atoms with E-state index in [-0.39, 0.29) is 58.6 Å². The molecule has 1 aromatic rings. The number of carbonyl (C=O) groups is 2. The van der Waals surface area contributed by atoms with Crippen molar-refractivity contribution in [3.63, 3.8) is 0 Å². The molecule has 10 heteroatoms. The van der Waals surface area contributed by atoms with Crippen LogP contribution in [0, 0.1) is 0 Å². The van der Waals surface area contributed by atoms with Crippen LogP contribution in [0.3, 0.4) is 0 Å². The summed E-state index contributed by atoms with van der Waals surface area (Å²) in [7, 11) is -3.71. The minimum atomic E-state index is -3.71. The van der Waals surface area contributed by atoms with E-state index in [0.29, 0.717) is 5.56 Å². The predicted octanol–water partition coefficient (Wildman–Crippen LogP) is 3.58. The lowest BCUT2D eigenvalue weighted by molar-refractivity contribution is 0.0971. The first kappa shape index (κ1) is 20.8. The van der Waals surface area contributed by atoms with Gasteiger partial charge in [-0.2, -0.15) is 0 Å². The van der Waals surface area contributed by atoms with Crippen LogP contribution in [0.25, 0.3) is 0 Å². The summed E-state index contributed by atoms with van der Waals surface area (Å²) in [6.45, 7) is 0.0737. The number of alkyl halides is 2. The van der Waals surface area contributed by atoms with E-state index in [1.165, 1.54) is 4.67 Å². The highest BCUT2D eigenvalue weighted by atomic mass is 79.9. The molecule has 1 aromatic carbocycles. The lowest BCUT2D eigenvalue weighted by Gasteiger charge is -2.27. The summed E-state index contributed by atoms with van der Waals surface area (Å²) in [4.78, 5) is 25.0. The number of allylic oxidation sites excluding steroid dienone is 1. The third kappa shape index (κ3) is 4.61. The number of ketones is 2. The Kier molecular flexibility index (Phi) is 7.40. The van der Waals surface area contributed by atoms with E-state index in [2.05, 4.69) is 15.9 Å². The molecule has 2 rings (SSSR count). The summed E-state index contributed by atoms with van der Waals surface area (Å²) in [5.41, 5.74) is 6.44. The van der Waals surface area contributed by atoms with Crippen molar-refractivity contribution in [3.8, 4) is 0 Å². The molecule has 0 aromatic heterocycles. The van der Waals surface area contributed by atoms with E-state index >= 15 is 0 Å². The van der Waals surface area contributed by atoms with Gasteiger partial charge in [0.05, 0.1) is 11.1 Å². The first-order valence-corrected chi connectivity index (χ1v) is 10.8. The lowest BCUT2D eigenvalue weighted by Crippen LogP contribution is -2.31. The first-order valence-electron chi connectivity index (χ1n) is 7.31. The number of carbonyl (C=O) groups excluding carboxylic acids is 2. The predicted molar refractivity (Wildman–Crippen MR) is 102 cm³/mol. The Labute approximate surface area is 164 Å². The highest BCUT2D eigenvalue weighted by Gasteiger charge is 2.33. The molecule has 1 aliphatic rings. The zero-order chi connectivity index (χ0) is 18.6. The number of hydrogen-bond donors (Lipinski definition) is 1. The summed E-state index contributed by atoms with van der Waals surface area (Å²) in [5.74, 6) is -0.320. The molecule has 0 bridgehead atoms. The Morgan fingerprint density at radius 1 is 1.08 bits per heavy atom. The molecule has 0 amide bonds. The van der Waals surface area contributed by atoms with Crippen LogP contribution in [-0.2, 0) is 9.09 Å². The highest BCUT2D eigenvalue weighted by Crippen LogP contribution is 2.43. The molecule has 25 heavy (non-hydrogen) atoms. The van der Waals surface area contributed by atoms with Gasteiger partial charge in [0.2, 0.25) is 5.78 Å². The SMILES string of the molecule is NP(=O)(OCC1=C(Br)C(=O)c2ccccc2C1=O)N(CCCl)CCCl.